The van der Waals surface area contributed by atoms with Crippen molar-refractivity contribution in [1.82, 2.24) is 4.90 Å². The molecule has 1 aliphatic heterocycles. The van der Waals surface area contributed by atoms with Gasteiger partial charge in [0, 0.05) is 21.7 Å². The highest BCUT2D eigenvalue weighted by Gasteiger charge is 2.37. The van der Waals surface area contributed by atoms with Crippen molar-refractivity contribution in [1.29, 1.82) is 0 Å². The van der Waals surface area contributed by atoms with E-state index in [1.54, 1.807) is 19.2 Å². The number of rotatable bonds is 6. The number of methoxy groups -OCH3 is 1. The van der Waals surface area contributed by atoms with E-state index >= 15 is 0 Å². The highest BCUT2D eigenvalue weighted by atomic mass is 79.9. The first kappa shape index (κ1) is 24.9. The molecule has 0 spiro atoms. The number of amides is 1. The third-order valence-electron chi connectivity index (χ3n) is 5.70. The average Bonchev–Trinajstić information content (AvgIpc) is 3.07. The first-order chi connectivity index (χ1) is 15.9. The van der Waals surface area contributed by atoms with Crippen molar-refractivity contribution in [3.05, 3.63) is 60.9 Å². The summed E-state index contributed by atoms with van der Waals surface area (Å²) in [7, 11) is 1.58. The minimum Gasteiger partial charge on any atom is -0.493 e. The average molecular weight is 587 g/mol. The van der Waals surface area contributed by atoms with Crippen molar-refractivity contribution in [2.24, 2.45) is 0 Å². The van der Waals surface area contributed by atoms with E-state index in [4.69, 9.17) is 44.9 Å². The lowest BCUT2D eigenvalue weighted by molar-refractivity contribution is -0.124. The Morgan fingerprint density at radius 2 is 1.97 bits per heavy atom. The number of carbonyl (C=O) groups is 1. The van der Waals surface area contributed by atoms with Crippen LogP contribution in [0.5, 0.6) is 11.5 Å². The summed E-state index contributed by atoms with van der Waals surface area (Å²) in [6, 6.07) is 9.24. The molecule has 1 saturated heterocycles. The number of thiocarbonyl (C=S) groups is 1. The van der Waals surface area contributed by atoms with Crippen LogP contribution in [0.15, 0.2) is 39.7 Å². The van der Waals surface area contributed by atoms with Crippen LogP contribution in [0.25, 0.3) is 6.08 Å². The van der Waals surface area contributed by atoms with E-state index < -0.39 is 0 Å². The van der Waals surface area contributed by atoms with Crippen molar-refractivity contribution in [3.63, 3.8) is 0 Å². The van der Waals surface area contributed by atoms with Gasteiger partial charge in [0.1, 0.15) is 10.9 Å². The molecule has 174 valence electrons. The number of benzene rings is 2. The summed E-state index contributed by atoms with van der Waals surface area (Å²) in [5, 5.41) is 1.11. The van der Waals surface area contributed by atoms with Crippen molar-refractivity contribution < 1.29 is 14.3 Å². The Labute approximate surface area is 221 Å². The van der Waals surface area contributed by atoms with Crippen LogP contribution < -0.4 is 9.47 Å². The second-order valence-electron chi connectivity index (χ2n) is 7.90. The van der Waals surface area contributed by atoms with Gasteiger partial charge in [-0.3, -0.25) is 9.69 Å². The molecule has 9 heteroatoms. The summed E-state index contributed by atoms with van der Waals surface area (Å²) in [6.45, 7) is 0.254. The maximum Gasteiger partial charge on any atom is 0.266 e. The van der Waals surface area contributed by atoms with E-state index in [1.165, 1.54) is 18.2 Å². The molecule has 0 bridgehead atoms. The summed E-state index contributed by atoms with van der Waals surface area (Å²) in [4.78, 5) is 15.5. The topological polar surface area (TPSA) is 38.8 Å². The normalized spacial score (nSPS) is 18.3. The minimum absolute atomic E-state index is 0.00954. The van der Waals surface area contributed by atoms with E-state index in [-0.39, 0.29) is 18.6 Å². The molecule has 1 aliphatic carbocycles. The molecule has 1 heterocycles. The van der Waals surface area contributed by atoms with Crippen LogP contribution in [0.1, 0.15) is 43.2 Å². The van der Waals surface area contributed by atoms with Crippen LogP contribution in [0.4, 0.5) is 0 Å². The largest absolute Gasteiger partial charge is 0.493 e. The fourth-order valence-corrected chi connectivity index (χ4v) is 6.47. The van der Waals surface area contributed by atoms with Gasteiger partial charge >= 0.3 is 0 Å². The fourth-order valence-electron chi connectivity index (χ4n) is 4.04. The van der Waals surface area contributed by atoms with E-state index in [9.17, 15) is 4.79 Å². The molecule has 0 aromatic heterocycles. The molecular weight excluding hydrogens is 565 g/mol. The van der Waals surface area contributed by atoms with E-state index in [0.717, 1.165) is 36.8 Å². The molecule has 0 radical (unpaired) electrons. The molecule has 4 rings (SSSR count). The molecule has 0 unspecified atom stereocenters. The van der Waals surface area contributed by atoms with E-state index in [1.807, 2.05) is 29.2 Å². The van der Waals surface area contributed by atoms with Crippen molar-refractivity contribution in [2.75, 3.05) is 7.11 Å². The molecule has 4 nitrogen and oxygen atoms in total. The highest BCUT2D eigenvalue weighted by molar-refractivity contribution is 9.10. The summed E-state index contributed by atoms with van der Waals surface area (Å²) in [5.41, 5.74) is 1.63. The van der Waals surface area contributed by atoms with Crippen LogP contribution in [0.3, 0.4) is 0 Å². The van der Waals surface area contributed by atoms with Crippen LogP contribution in [-0.4, -0.2) is 28.3 Å². The zero-order chi connectivity index (χ0) is 23.5. The molecular formula is C24H22BrCl2NO3S2. The number of hydrogen-bond acceptors (Lipinski definition) is 5. The van der Waals surface area contributed by atoms with Crippen LogP contribution in [-0.2, 0) is 11.4 Å². The van der Waals surface area contributed by atoms with Gasteiger partial charge in [0.25, 0.3) is 5.91 Å². The predicted molar refractivity (Wildman–Crippen MR) is 143 cm³/mol. The maximum absolute atomic E-state index is 13.1. The van der Waals surface area contributed by atoms with Gasteiger partial charge in [-0.05, 0) is 64.7 Å². The van der Waals surface area contributed by atoms with Gasteiger partial charge in [0.2, 0.25) is 0 Å². The molecule has 0 atom stereocenters. The van der Waals surface area contributed by atoms with Gasteiger partial charge in [-0.15, -0.1) is 0 Å². The van der Waals surface area contributed by atoms with Crippen LogP contribution >= 0.6 is 63.1 Å². The molecule has 2 aromatic carbocycles. The molecule has 2 fully saturated rings. The smallest absolute Gasteiger partial charge is 0.266 e. The van der Waals surface area contributed by atoms with Gasteiger partial charge in [-0.1, -0.05) is 72.5 Å². The monoisotopic (exact) mass is 585 g/mol. The molecule has 1 saturated carbocycles. The standard InChI is InChI=1S/C24H22BrCl2NO3S2/c1-30-20-10-14(9-18(25)22(20)31-13-15-7-8-16(26)12-19(15)27)11-21-23(29)28(24(32)33-21)17-5-3-2-4-6-17/h7-12,17H,2-6,13H2,1H3/b21-11-. The molecule has 1 amide bonds. The zero-order valence-electron chi connectivity index (χ0n) is 17.9. The predicted octanol–water partition coefficient (Wildman–Crippen LogP) is 7.88. The minimum atomic E-state index is -0.00954. The summed E-state index contributed by atoms with van der Waals surface area (Å²) in [6.07, 6.45) is 7.41. The highest BCUT2D eigenvalue weighted by Crippen LogP contribution is 2.41. The number of nitrogens with zero attached hydrogens (tertiary/aromatic N) is 1. The number of halogens is 3. The van der Waals surface area contributed by atoms with Crippen molar-refractivity contribution in [2.45, 2.75) is 44.8 Å². The number of thioether (sulfide) groups is 1. The molecule has 0 N–H and O–H groups in total. The second-order valence-corrected chi connectivity index (χ2v) is 11.3. The lowest BCUT2D eigenvalue weighted by Gasteiger charge is -2.29. The zero-order valence-corrected chi connectivity index (χ0v) is 22.6. The Bertz CT molecular complexity index is 1120. The Morgan fingerprint density at radius 3 is 2.67 bits per heavy atom. The first-order valence-electron chi connectivity index (χ1n) is 10.6. The molecule has 2 aromatic rings. The maximum atomic E-state index is 13.1. The Kier molecular flexibility index (Phi) is 8.28. The van der Waals surface area contributed by atoms with Crippen LogP contribution in [0, 0.1) is 0 Å². The number of ether oxygens (including phenoxy) is 2. The Hall–Kier alpha value is -1.25. The van der Waals surface area contributed by atoms with Gasteiger partial charge in [-0.2, -0.15) is 0 Å². The van der Waals surface area contributed by atoms with Gasteiger partial charge in [0.15, 0.2) is 11.5 Å². The number of hydrogen-bond donors (Lipinski definition) is 0. The van der Waals surface area contributed by atoms with E-state index in [2.05, 4.69) is 15.9 Å². The third kappa shape index (κ3) is 5.70. The summed E-state index contributed by atoms with van der Waals surface area (Å²) >= 11 is 22.7. The summed E-state index contributed by atoms with van der Waals surface area (Å²) in [5.74, 6) is 1.09. The lowest BCUT2D eigenvalue weighted by Crippen LogP contribution is -2.39. The quantitative estimate of drug-likeness (QED) is 0.254. The fraction of sp³-hybridized carbons (Fsp3) is 0.333. The van der Waals surface area contributed by atoms with Gasteiger partial charge < -0.3 is 9.47 Å². The van der Waals surface area contributed by atoms with Crippen LogP contribution in [0.2, 0.25) is 10.0 Å². The second kappa shape index (κ2) is 11.0. The Balaban J connectivity index is 1.54. The summed E-state index contributed by atoms with van der Waals surface area (Å²) < 4.78 is 12.9. The lowest BCUT2D eigenvalue weighted by atomic mass is 9.94. The Morgan fingerprint density at radius 1 is 1.21 bits per heavy atom. The SMILES string of the molecule is COc1cc(/C=C2\SC(=S)N(C3CCCCC3)C2=O)cc(Br)c1OCc1ccc(Cl)cc1Cl. The molecule has 33 heavy (non-hydrogen) atoms. The van der Waals surface area contributed by atoms with Crippen molar-refractivity contribution in [3.8, 4) is 11.5 Å². The van der Waals surface area contributed by atoms with E-state index in [0.29, 0.717) is 35.2 Å². The van der Waals surface area contributed by atoms with Gasteiger partial charge in [-0.25, -0.2) is 0 Å². The van der Waals surface area contributed by atoms with Crippen molar-refractivity contribution >= 4 is 79.4 Å². The van der Waals surface area contributed by atoms with Gasteiger partial charge in [0.05, 0.1) is 16.5 Å². The first-order valence-corrected chi connectivity index (χ1v) is 13.4. The third-order valence-corrected chi connectivity index (χ3v) is 8.21. The number of carbonyl (C=O) groups excluding carboxylic acids is 1. The molecule has 2 aliphatic rings.